The zero-order valence-electron chi connectivity index (χ0n) is 15.1. The maximum absolute atomic E-state index is 4.53. The molecule has 132 valence electrons. The Labute approximate surface area is 166 Å². The molecule has 2 heteroatoms. The van der Waals surface area contributed by atoms with Gasteiger partial charge in [-0.3, -0.25) is 0 Å². The molecule has 1 heterocycles. The van der Waals surface area contributed by atoms with Crippen molar-refractivity contribution in [3.8, 4) is 33.6 Å². The molecule has 0 saturated carbocycles. The number of pyridine rings is 1. The van der Waals surface area contributed by atoms with E-state index in [4.69, 9.17) is 0 Å². The van der Waals surface area contributed by atoms with E-state index < -0.39 is 0 Å². The topological polar surface area (TPSA) is 3.88 Å². The van der Waals surface area contributed by atoms with Gasteiger partial charge in [-0.25, -0.2) is 0 Å². The maximum Gasteiger partial charge on any atom is 0.213 e. The van der Waals surface area contributed by atoms with Crippen molar-refractivity contribution in [1.82, 2.24) is 0 Å². The van der Waals surface area contributed by atoms with E-state index in [1.165, 1.54) is 33.6 Å². The van der Waals surface area contributed by atoms with Crippen LogP contribution in [0.25, 0.3) is 33.6 Å². The summed E-state index contributed by atoms with van der Waals surface area (Å²) in [5, 5.41) is 0. The smallest absolute Gasteiger partial charge is 0.190 e. The fourth-order valence-corrected chi connectivity index (χ4v) is 3.66. The van der Waals surface area contributed by atoms with Crippen molar-refractivity contribution in [2.45, 2.75) is 6.54 Å². The molecule has 0 atom stereocenters. The maximum atomic E-state index is 4.53. The van der Waals surface area contributed by atoms with Gasteiger partial charge >= 0.3 is 0 Å². The highest BCUT2D eigenvalue weighted by atomic mass is 32.1. The van der Waals surface area contributed by atoms with Gasteiger partial charge in [-0.2, -0.15) is 17.2 Å². The second-order valence-corrected chi connectivity index (χ2v) is 6.94. The molecule has 27 heavy (non-hydrogen) atoms. The molecule has 0 amide bonds. The third kappa shape index (κ3) is 3.81. The van der Waals surface area contributed by atoms with Gasteiger partial charge in [0, 0.05) is 29.0 Å². The molecule has 0 fully saturated rings. The molecule has 0 unspecified atom stereocenters. The van der Waals surface area contributed by atoms with Crippen molar-refractivity contribution >= 4 is 12.6 Å². The first-order valence-corrected chi connectivity index (χ1v) is 9.85. The van der Waals surface area contributed by atoms with E-state index in [-0.39, 0.29) is 0 Å². The summed E-state index contributed by atoms with van der Waals surface area (Å²) in [6.45, 7) is 0.854. The lowest BCUT2D eigenvalue weighted by Gasteiger charge is -2.12. The molecule has 0 aliphatic carbocycles. The first-order chi connectivity index (χ1) is 13.4. The SMILES string of the molecule is SCC[n+]1c(-c2ccccc2)cc(-c2ccccc2)cc1-c1ccccc1. The minimum atomic E-state index is 0.787. The van der Waals surface area contributed by atoms with Crippen LogP contribution in [0.5, 0.6) is 0 Å². The predicted molar refractivity (Wildman–Crippen MR) is 117 cm³/mol. The highest BCUT2D eigenvalue weighted by Gasteiger charge is 2.21. The van der Waals surface area contributed by atoms with E-state index in [0.717, 1.165) is 12.3 Å². The summed E-state index contributed by atoms with van der Waals surface area (Å²) < 4.78 is 2.38. The molecule has 0 radical (unpaired) electrons. The Hall–Kier alpha value is -2.84. The molecular formula is C25H22NS+. The first-order valence-electron chi connectivity index (χ1n) is 9.22. The number of hydrogen-bond donors (Lipinski definition) is 1. The number of rotatable bonds is 5. The summed E-state index contributed by atoms with van der Waals surface area (Å²) in [6.07, 6.45) is 0. The van der Waals surface area contributed by atoms with Crippen LogP contribution in [0, 0.1) is 0 Å². The first kappa shape index (κ1) is 17.6. The van der Waals surface area contributed by atoms with Crippen LogP contribution < -0.4 is 4.57 Å². The van der Waals surface area contributed by atoms with Gasteiger partial charge in [-0.05, 0) is 35.4 Å². The van der Waals surface area contributed by atoms with Crippen LogP contribution in [-0.2, 0) is 6.54 Å². The molecule has 3 aromatic carbocycles. The minimum absolute atomic E-state index is 0.787. The van der Waals surface area contributed by atoms with Crippen molar-refractivity contribution in [2.24, 2.45) is 0 Å². The van der Waals surface area contributed by atoms with E-state index in [0.29, 0.717) is 0 Å². The summed E-state index contributed by atoms with van der Waals surface area (Å²) in [5.74, 6) is 0.787. The third-order valence-corrected chi connectivity index (χ3v) is 4.94. The predicted octanol–water partition coefficient (Wildman–Crippen LogP) is 5.90. The summed E-state index contributed by atoms with van der Waals surface area (Å²) in [6, 6.07) is 36.4. The van der Waals surface area contributed by atoms with Gasteiger partial charge in [0.1, 0.15) is 0 Å². The Balaban J connectivity index is 2.01. The largest absolute Gasteiger partial charge is 0.213 e. The quantitative estimate of drug-likeness (QED) is 0.330. The molecular weight excluding hydrogens is 346 g/mol. The zero-order valence-corrected chi connectivity index (χ0v) is 16.0. The van der Waals surface area contributed by atoms with Gasteiger partial charge in [0.05, 0.1) is 0 Å². The second-order valence-electron chi connectivity index (χ2n) is 6.49. The molecule has 4 aromatic rings. The third-order valence-electron chi connectivity index (χ3n) is 4.74. The van der Waals surface area contributed by atoms with Gasteiger partial charge in [0.15, 0.2) is 6.54 Å². The summed E-state index contributed by atoms with van der Waals surface area (Å²) >= 11 is 4.53. The molecule has 1 nitrogen and oxygen atoms in total. The van der Waals surface area contributed by atoms with E-state index in [1.807, 2.05) is 0 Å². The van der Waals surface area contributed by atoms with Crippen molar-refractivity contribution in [1.29, 1.82) is 0 Å². The highest BCUT2D eigenvalue weighted by Crippen LogP contribution is 2.29. The zero-order chi connectivity index (χ0) is 18.5. The fraction of sp³-hybridized carbons (Fsp3) is 0.0800. The Bertz CT molecular complexity index is 951. The van der Waals surface area contributed by atoms with Crippen molar-refractivity contribution in [3.63, 3.8) is 0 Å². The standard InChI is InChI=1S/C25H21NS/c27-17-16-26-24(21-12-6-2-7-13-21)18-23(20-10-4-1-5-11-20)19-25(26)22-14-8-3-9-15-22/h1-15,18-19H,16-17H2/p+1. The van der Waals surface area contributed by atoms with Crippen LogP contribution in [-0.4, -0.2) is 5.75 Å². The van der Waals surface area contributed by atoms with Gasteiger partial charge in [0.25, 0.3) is 0 Å². The molecule has 0 spiro atoms. The number of benzene rings is 3. The van der Waals surface area contributed by atoms with Crippen LogP contribution in [0.4, 0.5) is 0 Å². The molecule has 4 rings (SSSR count). The molecule has 0 bridgehead atoms. The molecule has 0 saturated heterocycles. The minimum Gasteiger partial charge on any atom is -0.190 e. The van der Waals surface area contributed by atoms with Gasteiger partial charge in [-0.1, -0.05) is 66.7 Å². The lowest BCUT2D eigenvalue weighted by atomic mass is 9.99. The van der Waals surface area contributed by atoms with E-state index in [1.54, 1.807) is 0 Å². The van der Waals surface area contributed by atoms with Crippen LogP contribution in [0.2, 0.25) is 0 Å². The monoisotopic (exact) mass is 368 g/mol. The highest BCUT2D eigenvalue weighted by molar-refractivity contribution is 7.80. The summed E-state index contributed by atoms with van der Waals surface area (Å²) in [5.41, 5.74) is 7.31. The Morgan fingerprint density at radius 3 is 1.33 bits per heavy atom. The molecule has 1 aromatic heterocycles. The Morgan fingerprint density at radius 1 is 0.519 bits per heavy atom. The van der Waals surface area contributed by atoms with Crippen LogP contribution in [0.1, 0.15) is 0 Å². The van der Waals surface area contributed by atoms with Crippen LogP contribution >= 0.6 is 12.6 Å². The molecule has 0 aliphatic rings. The summed E-state index contributed by atoms with van der Waals surface area (Å²) in [7, 11) is 0. The van der Waals surface area contributed by atoms with Crippen molar-refractivity contribution < 1.29 is 4.57 Å². The number of aromatic nitrogens is 1. The average molecular weight is 369 g/mol. The Morgan fingerprint density at radius 2 is 0.926 bits per heavy atom. The van der Waals surface area contributed by atoms with E-state index in [2.05, 4.69) is 120 Å². The number of thiol groups is 1. The lowest BCUT2D eigenvalue weighted by Crippen LogP contribution is -2.40. The molecule has 0 N–H and O–H groups in total. The second kappa shape index (κ2) is 8.24. The average Bonchev–Trinajstić information content (AvgIpc) is 2.76. The fourth-order valence-electron chi connectivity index (χ4n) is 3.46. The number of nitrogens with zero attached hydrogens (tertiary/aromatic N) is 1. The Kier molecular flexibility index (Phi) is 5.36. The van der Waals surface area contributed by atoms with Gasteiger partial charge in [-0.15, -0.1) is 0 Å². The van der Waals surface area contributed by atoms with E-state index in [9.17, 15) is 0 Å². The van der Waals surface area contributed by atoms with Crippen molar-refractivity contribution in [2.75, 3.05) is 5.75 Å². The van der Waals surface area contributed by atoms with Crippen molar-refractivity contribution in [3.05, 3.63) is 103 Å². The van der Waals surface area contributed by atoms with Gasteiger partial charge < -0.3 is 0 Å². The van der Waals surface area contributed by atoms with Crippen LogP contribution in [0.3, 0.4) is 0 Å². The van der Waals surface area contributed by atoms with Crippen LogP contribution in [0.15, 0.2) is 103 Å². The normalized spacial score (nSPS) is 10.7. The van der Waals surface area contributed by atoms with E-state index >= 15 is 0 Å². The molecule has 0 aliphatic heterocycles. The lowest BCUT2D eigenvalue weighted by molar-refractivity contribution is -0.670. The summed E-state index contributed by atoms with van der Waals surface area (Å²) in [4.78, 5) is 0. The number of hydrogen-bond acceptors (Lipinski definition) is 1. The van der Waals surface area contributed by atoms with Gasteiger partial charge in [0.2, 0.25) is 11.4 Å².